The first-order chi connectivity index (χ1) is 8.55. The number of benzene rings is 1. The highest BCUT2D eigenvalue weighted by Crippen LogP contribution is 2.35. The standard InChI is InChI=1S/C15H20N2S/c1-15(2,3)14-17-13-10(11-7-5-9-16-11)6-4-8-12(13)18-14/h4,6,8,11,16H,5,7,9H2,1-3H3. The molecule has 1 aromatic heterocycles. The summed E-state index contributed by atoms with van der Waals surface area (Å²) in [6, 6.07) is 7.10. The minimum Gasteiger partial charge on any atom is -0.310 e. The summed E-state index contributed by atoms with van der Waals surface area (Å²) in [7, 11) is 0. The zero-order valence-corrected chi connectivity index (χ0v) is 12.1. The number of nitrogens with one attached hydrogen (secondary N) is 1. The SMILES string of the molecule is CC(C)(C)c1nc2c(C3CCCN3)cccc2s1. The molecule has 0 aliphatic carbocycles. The van der Waals surface area contributed by atoms with Gasteiger partial charge in [-0.15, -0.1) is 11.3 Å². The lowest BCUT2D eigenvalue weighted by Gasteiger charge is -2.13. The Balaban J connectivity index is 2.12. The third-order valence-electron chi connectivity index (χ3n) is 3.53. The van der Waals surface area contributed by atoms with E-state index in [9.17, 15) is 0 Å². The highest BCUT2D eigenvalue weighted by atomic mass is 32.1. The maximum Gasteiger partial charge on any atom is 0.0992 e. The minimum atomic E-state index is 0.143. The number of hydrogen-bond donors (Lipinski definition) is 1. The second kappa shape index (κ2) is 4.32. The Kier molecular flexibility index (Phi) is 2.91. The van der Waals surface area contributed by atoms with Crippen molar-refractivity contribution in [3.8, 4) is 0 Å². The lowest BCUT2D eigenvalue weighted by molar-refractivity contribution is 0.586. The van der Waals surface area contributed by atoms with Crippen LogP contribution in [0.2, 0.25) is 0 Å². The molecule has 1 fully saturated rings. The maximum absolute atomic E-state index is 4.91. The summed E-state index contributed by atoms with van der Waals surface area (Å²) in [5.74, 6) is 0. The molecule has 18 heavy (non-hydrogen) atoms. The van der Waals surface area contributed by atoms with E-state index >= 15 is 0 Å². The average Bonchev–Trinajstić information content (AvgIpc) is 2.96. The van der Waals surface area contributed by atoms with Crippen molar-refractivity contribution in [1.82, 2.24) is 10.3 Å². The third-order valence-corrected chi connectivity index (χ3v) is 4.97. The van der Waals surface area contributed by atoms with E-state index < -0.39 is 0 Å². The van der Waals surface area contributed by atoms with Gasteiger partial charge in [0, 0.05) is 11.5 Å². The van der Waals surface area contributed by atoms with Crippen LogP contribution in [-0.4, -0.2) is 11.5 Å². The summed E-state index contributed by atoms with van der Waals surface area (Å²) in [5, 5.41) is 4.82. The monoisotopic (exact) mass is 260 g/mol. The summed E-state index contributed by atoms with van der Waals surface area (Å²) in [5.41, 5.74) is 2.74. The van der Waals surface area contributed by atoms with Crippen molar-refractivity contribution in [3.05, 3.63) is 28.8 Å². The number of para-hydroxylation sites is 1. The summed E-state index contributed by atoms with van der Waals surface area (Å²) in [6.45, 7) is 7.84. The number of hydrogen-bond acceptors (Lipinski definition) is 3. The second-order valence-corrected chi connectivity index (χ2v) is 7.14. The molecule has 2 heterocycles. The fraction of sp³-hybridized carbons (Fsp3) is 0.533. The molecule has 1 aliphatic heterocycles. The summed E-state index contributed by atoms with van der Waals surface area (Å²) < 4.78 is 1.33. The highest BCUT2D eigenvalue weighted by molar-refractivity contribution is 7.18. The van der Waals surface area contributed by atoms with Crippen LogP contribution in [-0.2, 0) is 5.41 Å². The molecule has 1 aromatic carbocycles. The first kappa shape index (κ1) is 12.1. The van der Waals surface area contributed by atoms with Gasteiger partial charge in [-0.1, -0.05) is 32.9 Å². The van der Waals surface area contributed by atoms with Gasteiger partial charge in [-0.3, -0.25) is 0 Å². The van der Waals surface area contributed by atoms with Crippen molar-refractivity contribution in [2.45, 2.75) is 45.1 Å². The first-order valence-corrected chi connectivity index (χ1v) is 7.51. The van der Waals surface area contributed by atoms with Crippen LogP contribution in [0.4, 0.5) is 0 Å². The van der Waals surface area contributed by atoms with Crippen molar-refractivity contribution in [2.24, 2.45) is 0 Å². The lowest BCUT2D eigenvalue weighted by atomic mass is 9.98. The van der Waals surface area contributed by atoms with Crippen LogP contribution in [0.5, 0.6) is 0 Å². The van der Waals surface area contributed by atoms with Crippen LogP contribution in [0.25, 0.3) is 10.2 Å². The van der Waals surface area contributed by atoms with E-state index in [1.54, 1.807) is 0 Å². The number of rotatable bonds is 1. The maximum atomic E-state index is 4.91. The topological polar surface area (TPSA) is 24.9 Å². The van der Waals surface area contributed by atoms with E-state index in [2.05, 4.69) is 44.3 Å². The molecule has 2 nitrogen and oxygen atoms in total. The van der Waals surface area contributed by atoms with E-state index in [4.69, 9.17) is 4.98 Å². The summed E-state index contributed by atoms with van der Waals surface area (Å²) in [4.78, 5) is 4.91. The zero-order valence-electron chi connectivity index (χ0n) is 11.3. The Morgan fingerprint density at radius 3 is 2.83 bits per heavy atom. The molecule has 1 aliphatic rings. The third kappa shape index (κ3) is 2.06. The largest absolute Gasteiger partial charge is 0.310 e. The molecule has 96 valence electrons. The van der Waals surface area contributed by atoms with Crippen molar-refractivity contribution in [3.63, 3.8) is 0 Å². The molecular formula is C15H20N2S. The van der Waals surface area contributed by atoms with Gasteiger partial charge in [0.2, 0.25) is 0 Å². The molecule has 0 bridgehead atoms. The molecule has 0 amide bonds. The van der Waals surface area contributed by atoms with Crippen molar-refractivity contribution >= 4 is 21.6 Å². The number of fused-ring (bicyclic) bond motifs is 1. The van der Waals surface area contributed by atoms with Gasteiger partial charge >= 0.3 is 0 Å². The molecule has 2 aromatic rings. The number of nitrogens with zero attached hydrogens (tertiary/aromatic N) is 1. The number of thiazole rings is 1. The van der Waals surface area contributed by atoms with E-state index in [-0.39, 0.29) is 5.41 Å². The van der Waals surface area contributed by atoms with Gasteiger partial charge in [-0.05, 0) is 31.0 Å². The predicted octanol–water partition coefficient (Wildman–Crippen LogP) is 4.02. The van der Waals surface area contributed by atoms with Gasteiger partial charge in [0.1, 0.15) is 0 Å². The molecule has 3 rings (SSSR count). The number of aromatic nitrogens is 1. The minimum absolute atomic E-state index is 0.143. The molecule has 0 saturated carbocycles. The van der Waals surface area contributed by atoms with Crippen LogP contribution in [0.1, 0.15) is 50.2 Å². The van der Waals surface area contributed by atoms with Gasteiger partial charge in [-0.25, -0.2) is 4.98 Å². The predicted molar refractivity (Wildman–Crippen MR) is 78.3 cm³/mol. The van der Waals surface area contributed by atoms with Gasteiger partial charge in [0.25, 0.3) is 0 Å². The Labute approximate surface area is 112 Å². The van der Waals surface area contributed by atoms with Crippen LogP contribution in [0.15, 0.2) is 18.2 Å². The van der Waals surface area contributed by atoms with Crippen LogP contribution >= 0.6 is 11.3 Å². The van der Waals surface area contributed by atoms with E-state index in [0.29, 0.717) is 6.04 Å². The Morgan fingerprint density at radius 2 is 2.17 bits per heavy atom. The molecule has 1 saturated heterocycles. The highest BCUT2D eigenvalue weighted by Gasteiger charge is 2.23. The van der Waals surface area contributed by atoms with Gasteiger partial charge in [0.05, 0.1) is 15.2 Å². The lowest BCUT2D eigenvalue weighted by Crippen LogP contribution is -2.13. The average molecular weight is 260 g/mol. The van der Waals surface area contributed by atoms with E-state index in [1.165, 1.54) is 33.6 Å². The van der Waals surface area contributed by atoms with Crippen LogP contribution < -0.4 is 5.32 Å². The van der Waals surface area contributed by atoms with Crippen LogP contribution in [0, 0.1) is 0 Å². The molecule has 1 atom stereocenters. The van der Waals surface area contributed by atoms with E-state index in [0.717, 1.165) is 6.54 Å². The van der Waals surface area contributed by atoms with Gasteiger partial charge in [0.15, 0.2) is 0 Å². The van der Waals surface area contributed by atoms with E-state index in [1.807, 2.05) is 11.3 Å². The quantitative estimate of drug-likeness (QED) is 0.837. The zero-order chi connectivity index (χ0) is 12.8. The summed E-state index contributed by atoms with van der Waals surface area (Å²) >= 11 is 1.84. The molecular weight excluding hydrogens is 240 g/mol. The smallest absolute Gasteiger partial charge is 0.0992 e. The van der Waals surface area contributed by atoms with Crippen molar-refractivity contribution in [2.75, 3.05) is 6.54 Å². The Morgan fingerprint density at radius 1 is 1.33 bits per heavy atom. The molecule has 0 spiro atoms. The van der Waals surface area contributed by atoms with Gasteiger partial charge < -0.3 is 5.32 Å². The summed E-state index contributed by atoms with van der Waals surface area (Å²) in [6.07, 6.45) is 2.51. The Hall–Kier alpha value is -0.930. The fourth-order valence-corrected chi connectivity index (χ4v) is 3.58. The molecule has 1 unspecified atom stereocenters. The second-order valence-electron chi connectivity index (χ2n) is 6.11. The van der Waals surface area contributed by atoms with Crippen molar-refractivity contribution in [1.29, 1.82) is 0 Å². The Bertz CT molecular complexity index is 559. The van der Waals surface area contributed by atoms with Gasteiger partial charge in [-0.2, -0.15) is 0 Å². The van der Waals surface area contributed by atoms with Crippen LogP contribution in [0.3, 0.4) is 0 Å². The normalized spacial score (nSPS) is 20.7. The fourth-order valence-electron chi connectivity index (χ4n) is 2.52. The molecule has 3 heteroatoms. The first-order valence-electron chi connectivity index (χ1n) is 6.69. The van der Waals surface area contributed by atoms with Crippen molar-refractivity contribution < 1.29 is 0 Å². The molecule has 0 radical (unpaired) electrons. The molecule has 1 N–H and O–H groups in total.